The average Bonchev–Trinajstić information content (AvgIpc) is 2.64. The van der Waals surface area contributed by atoms with E-state index in [9.17, 15) is 14.4 Å². The Labute approximate surface area is 109 Å². The highest BCUT2D eigenvalue weighted by atomic mass is 16.4. The fourth-order valence-electron chi connectivity index (χ4n) is 1.91. The van der Waals surface area contributed by atoms with E-state index in [0.29, 0.717) is 5.69 Å². The van der Waals surface area contributed by atoms with E-state index >= 15 is 0 Å². The van der Waals surface area contributed by atoms with Crippen LogP contribution in [0.4, 0.5) is 10.5 Å². The SMILES string of the molecule is NCc1cccc(N2C(=O)NC(CC(=O)O)C2=O)c1. The summed E-state index contributed by atoms with van der Waals surface area (Å²) in [6.45, 7) is 0.288. The van der Waals surface area contributed by atoms with Crippen LogP contribution >= 0.6 is 0 Å². The van der Waals surface area contributed by atoms with Crippen LogP contribution in [-0.4, -0.2) is 29.1 Å². The lowest BCUT2D eigenvalue weighted by atomic mass is 10.1. The van der Waals surface area contributed by atoms with Crippen molar-refractivity contribution in [3.8, 4) is 0 Å². The summed E-state index contributed by atoms with van der Waals surface area (Å²) in [6.07, 6.45) is -0.433. The van der Waals surface area contributed by atoms with Gasteiger partial charge in [-0.25, -0.2) is 9.69 Å². The number of carboxylic acid groups (broad SMARTS) is 1. The fraction of sp³-hybridized carbons (Fsp3) is 0.250. The third-order valence-electron chi connectivity index (χ3n) is 2.80. The van der Waals surface area contributed by atoms with Crippen molar-refractivity contribution in [2.45, 2.75) is 19.0 Å². The zero-order valence-corrected chi connectivity index (χ0v) is 10.00. The topological polar surface area (TPSA) is 113 Å². The van der Waals surface area contributed by atoms with Gasteiger partial charge in [-0.3, -0.25) is 9.59 Å². The average molecular weight is 263 g/mol. The molecule has 0 spiro atoms. The van der Waals surface area contributed by atoms with Crippen molar-refractivity contribution >= 4 is 23.6 Å². The van der Waals surface area contributed by atoms with Crippen LogP contribution in [0.5, 0.6) is 0 Å². The number of carbonyl (C=O) groups is 3. The number of anilines is 1. The van der Waals surface area contributed by atoms with Crippen LogP contribution < -0.4 is 16.0 Å². The van der Waals surface area contributed by atoms with Gasteiger partial charge in [0.1, 0.15) is 6.04 Å². The minimum atomic E-state index is -1.14. The Hall–Kier alpha value is -2.41. The number of aliphatic carboxylic acids is 1. The first-order chi connectivity index (χ1) is 9.02. The van der Waals surface area contributed by atoms with E-state index < -0.39 is 30.4 Å². The zero-order valence-electron chi connectivity index (χ0n) is 10.00. The van der Waals surface area contributed by atoms with Crippen molar-refractivity contribution < 1.29 is 19.5 Å². The minimum absolute atomic E-state index is 0.288. The third-order valence-corrected chi connectivity index (χ3v) is 2.80. The number of nitrogens with one attached hydrogen (secondary N) is 1. The smallest absolute Gasteiger partial charge is 0.329 e. The Morgan fingerprint density at radius 2 is 2.16 bits per heavy atom. The van der Waals surface area contributed by atoms with E-state index in [-0.39, 0.29) is 6.54 Å². The molecule has 1 aliphatic rings. The molecule has 1 aliphatic heterocycles. The van der Waals surface area contributed by atoms with Crippen molar-refractivity contribution in [3.63, 3.8) is 0 Å². The molecule has 1 aromatic carbocycles. The quantitative estimate of drug-likeness (QED) is 0.664. The van der Waals surface area contributed by atoms with Crippen molar-refractivity contribution in [2.75, 3.05) is 4.90 Å². The second-order valence-electron chi connectivity index (χ2n) is 4.15. The van der Waals surface area contributed by atoms with Gasteiger partial charge in [0.2, 0.25) is 0 Å². The second kappa shape index (κ2) is 5.07. The number of rotatable bonds is 4. The third kappa shape index (κ3) is 2.55. The number of benzene rings is 1. The summed E-state index contributed by atoms with van der Waals surface area (Å²) in [6, 6.07) is 5.04. The number of hydrogen-bond donors (Lipinski definition) is 3. The first-order valence-corrected chi connectivity index (χ1v) is 5.68. The molecule has 2 rings (SSSR count). The Bertz CT molecular complexity index is 544. The Balaban J connectivity index is 2.26. The van der Waals surface area contributed by atoms with Gasteiger partial charge in [0.25, 0.3) is 5.91 Å². The molecule has 7 nitrogen and oxygen atoms in total. The number of imide groups is 1. The van der Waals surface area contributed by atoms with E-state index in [2.05, 4.69) is 5.32 Å². The van der Waals surface area contributed by atoms with Gasteiger partial charge >= 0.3 is 12.0 Å². The molecule has 0 aliphatic carbocycles. The molecule has 1 unspecified atom stereocenters. The molecule has 100 valence electrons. The fourth-order valence-corrected chi connectivity index (χ4v) is 1.91. The van der Waals surface area contributed by atoms with Gasteiger partial charge in [-0.1, -0.05) is 12.1 Å². The van der Waals surface area contributed by atoms with Crippen molar-refractivity contribution in [1.82, 2.24) is 5.32 Å². The first kappa shape index (κ1) is 13.0. The van der Waals surface area contributed by atoms with Gasteiger partial charge in [0.15, 0.2) is 0 Å². The van der Waals surface area contributed by atoms with Gasteiger partial charge in [0.05, 0.1) is 12.1 Å². The second-order valence-corrected chi connectivity index (χ2v) is 4.15. The van der Waals surface area contributed by atoms with Gasteiger partial charge in [-0.15, -0.1) is 0 Å². The Morgan fingerprint density at radius 1 is 1.42 bits per heavy atom. The van der Waals surface area contributed by atoms with E-state index in [1.165, 1.54) is 0 Å². The number of urea groups is 1. The molecule has 0 saturated carbocycles. The first-order valence-electron chi connectivity index (χ1n) is 5.68. The molecule has 1 fully saturated rings. The number of carboxylic acids is 1. The highest BCUT2D eigenvalue weighted by Gasteiger charge is 2.40. The summed E-state index contributed by atoms with van der Waals surface area (Å²) in [5.41, 5.74) is 6.66. The maximum absolute atomic E-state index is 12.0. The summed E-state index contributed by atoms with van der Waals surface area (Å²) in [5.74, 6) is -1.71. The van der Waals surface area contributed by atoms with E-state index in [1.807, 2.05) is 0 Å². The highest BCUT2D eigenvalue weighted by Crippen LogP contribution is 2.21. The molecule has 1 heterocycles. The van der Waals surface area contributed by atoms with Gasteiger partial charge in [-0.05, 0) is 17.7 Å². The van der Waals surface area contributed by atoms with E-state index in [0.717, 1.165) is 10.5 Å². The summed E-state index contributed by atoms with van der Waals surface area (Å²) in [5, 5.41) is 11.0. The number of amides is 3. The minimum Gasteiger partial charge on any atom is -0.481 e. The molecule has 3 amide bonds. The van der Waals surface area contributed by atoms with E-state index in [1.54, 1.807) is 24.3 Å². The van der Waals surface area contributed by atoms with Gasteiger partial charge in [-0.2, -0.15) is 0 Å². The van der Waals surface area contributed by atoms with Crippen LogP contribution in [0.15, 0.2) is 24.3 Å². The monoisotopic (exact) mass is 263 g/mol. The van der Waals surface area contributed by atoms with Crippen molar-refractivity contribution in [3.05, 3.63) is 29.8 Å². The Morgan fingerprint density at radius 3 is 2.79 bits per heavy atom. The predicted octanol–water partition coefficient (Wildman–Crippen LogP) is 0.0448. The van der Waals surface area contributed by atoms with Gasteiger partial charge < -0.3 is 16.2 Å². The highest BCUT2D eigenvalue weighted by molar-refractivity contribution is 6.21. The molecule has 1 atom stereocenters. The number of nitrogens with zero attached hydrogens (tertiary/aromatic N) is 1. The molecular weight excluding hydrogens is 250 g/mol. The van der Waals surface area contributed by atoms with Crippen LogP contribution in [0.25, 0.3) is 0 Å². The zero-order chi connectivity index (χ0) is 14.0. The van der Waals surface area contributed by atoms with Crippen LogP contribution in [0.3, 0.4) is 0 Å². The summed E-state index contributed by atoms with van der Waals surface area (Å²) >= 11 is 0. The summed E-state index contributed by atoms with van der Waals surface area (Å²) in [7, 11) is 0. The number of hydrogen-bond acceptors (Lipinski definition) is 4. The molecule has 19 heavy (non-hydrogen) atoms. The maximum Gasteiger partial charge on any atom is 0.329 e. The van der Waals surface area contributed by atoms with Gasteiger partial charge in [0, 0.05) is 6.54 Å². The molecule has 1 saturated heterocycles. The normalized spacial score (nSPS) is 18.6. The lowest BCUT2D eigenvalue weighted by Gasteiger charge is -2.13. The van der Waals surface area contributed by atoms with Crippen LogP contribution in [0, 0.1) is 0 Å². The maximum atomic E-state index is 12.0. The van der Waals surface area contributed by atoms with Crippen LogP contribution in [0.2, 0.25) is 0 Å². The molecule has 0 bridgehead atoms. The summed E-state index contributed by atoms with van der Waals surface area (Å²) < 4.78 is 0. The Kier molecular flexibility index (Phi) is 3.48. The molecule has 4 N–H and O–H groups in total. The standard InChI is InChI=1S/C12H13N3O4/c13-6-7-2-1-3-8(4-7)15-11(18)9(5-10(16)17)14-12(15)19/h1-4,9H,5-6,13H2,(H,14,19)(H,16,17). The molecule has 7 heteroatoms. The number of nitrogens with two attached hydrogens (primary N) is 1. The lowest BCUT2D eigenvalue weighted by molar-refractivity contribution is -0.139. The molecule has 0 radical (unpaired) electrons. The predicted molar refractivity (Wildman–Crippen MR) is 66.4 cm³/mol. The van der Waals surface area contributed by atoms with Crippen LogP contribution in [0.1, 0.15) is 12.0 Å². The van der Waals surface area contributed by atoms with E-state index in [4.69, 9.17) is 10.8 Å². The van der Waals surface area contributed by atoms with Crippen molar-refractivity contribution in [2.24, 2.45) is 5.73 Å². The molecular formula is C12H13N3O4. The largest absolute Gasteiger partial charge is 0.481 e. The lowest BCUT2D eigenvalue weighted by Crippen LogP contribution is -2.32. The molecule has 1 aromatic rings. The van der Waals surface area contributed by atoms with Crippen LogP contribution in [-0.2, 0) is 16.1 Å². The van der Waals surface area contributed by atoms with Crippen molar-refractivity contribution in [1.29, 1.82) is 0 Å². The summed E-state index contributed by atoms with van der Waals surface area (Å²) in [4.78, 5) is 35.3. The number of carbonyl (C=O) groups excluding carboxylic acids is 2. The molecule has 0 aromatic heterocycles.